The molecule has 2 rings (SSSR count). The largest absolute Gasteiger partial charge is 0.383 e. The van der Waals surface area contributed by atoms with Crippen LogP contribution in [0.1, 0.15) is 16.8 Å². The average Bonchev–Trinajstić information content (AvgIpc) is 2.87. The first-order valence-electron chi connectivity index (χ1n) is 7.09. The SMILES string of the molecule is COCCN(C(=O)c1ccc([N+](=O)[O-])cc1)[C@@H]1CCS(=O)(=O)C1. The first-order valence-corrected chi connectivity index (χ1v) is 8.91. The van der Waals surface area contributed by atoms with Crippen molar-refractivity contribution in [2.45, 2.75) is 12.5 Å². The summed E-state index contributed by atoms with van der Waals surface area (Å²) in [6.45, 7) is 0.557. The van der Waals surface area contributed by atoms with Crippen LogP contribution in [0.15, 0.2) is 24.3 Å². The molecule has 0 unspecified atom stereocenters. The lowest BCUT2D eigenvalue weighted by Crippen LogP contribution is -2.43. The van der Waals surface area contributed by atoms with E-state index in [1.807, 2.05) is 0 Å². The molecule has 0 N–H and O–H groups in total. The summed E-state index contributed by atoms with van der Waals surface area (Å²) in [6.07, 6.45) is 0.394. The van der Waals surface area contributed by atoms with Crippen LogP contribution in [0, 0.1) is 10.1 Å². The Morgan fingerprint density at radius 1 is 1.39 bits per heavy atom. The van der Waals surface area contributed by atoms with Crippen LogP contribution >= 0.6 is 0 Å². The highest BCUT2D eigenvalue weighted by molar-refractivity contribution is 7.91. The second-order valence-corrected chi connectivity index (χ2v) is 7.58. The number of non-ortho nitro benzene ring substituents is 1. The van der Waals surface area contributed by atoms with Crippen LogP contribution in [0.5, 0.6) is 0 Å². The number of nitrogens with zero attached hydrogens (tertiary/aromatic N) is 2. The van der Waals surface area contributed by atoms with Gasteiger partial charge in [0.25, 0.3) is 11.6 Å². The molecule has 1 heterocycles. The Morgan fingerprint density at radius 2 is 2.04 bits per heavy atom. The Bertz CT molecular complexity index is 686. The molecule has 0 spiro atoms. The molecule has 0 aliphatic carbocycles. The number of hydrogen-bond acceptors (Lipinski definition) is 6. The number of methoxy groups -OCH3 is 1. The monoisotopic (exact) mass is 342 g/mol. The van der Waals surface area contributed by atoms with Gasteiger partial charge in [0, 0.05) is 37.4 Å². The zero-order valence-electron chi connectivity index (χ0n) is 12.7. The molecule has 0 bridgehead atoms. The molecule has 1 amide bonds. The van der Waals surface area contributed by atoms with E-state index < -0.39 is 20.8 Å². The van der Waals surface area contributed by atoms with E-state index >= 15 is 0 Å². The number of benzene rings is 1. The highest BCUT2D eigenvalue weighted by Crippen LogP contribution is 2.21. The van der Waals surface area contributed by atoms with Gasteiger partial charge < -0.3 is 9.64 Å². The fraction of sp³-hybridized carbons (Fsp3) is 0.500. The minimum atomic E-state index is -3.12. The van der Waals surface area contributed by atoms with Crippen LogP contribution < -0.4 is 0 Å². The van der Waals surface area contributed by atoms with Gasteiger partial charge in [-0.2, -0.15) is 0 Å². The van der Waals surface area contributed by atoms with Crippen molar-refractivity contribution in [1.29, 1.82) is 0 Å². The number of nitro groups is 1. The van der Waals surface area contributed by atoms with Crippen molar-refractivity contribution in [3.8, 4) is 0 Å². The van der Waals surface area contributed by atoms with Crippen LogP contribution in [0.3, 0.4) is 0 Å². The maximum atomic E-state index is 12.6. The van der Waals surface area contributed by atoms with Gasteiger partial charge in [0.15, 0.2) is 9.84 Å². The van der Waals surface area contributed by atoms with Crippen molar-refractivity contribution in [1.82, 2.24) is 4.90 Å². The van der Waals surface area contributed by atoms with Gasteiger partial charge in [0.1, 0.15) is 0 Å². The number of hydrogen-bond donors (Lipinski definition) is 0. The number of carbonyl (C=O) groups is 1. The van der Waals surface area contributed by atoms with E-state index in [0.29, 0.717) is 6.42 Å². The third-order valence-corrected chi connectivity index (χ3v) is 5.52. The summed E-state index contributed by atoms with van der Waals surface area (Å²) in [4.78, 5) is 24.2. The summed E-state index contributed by atoms with van der Waals surface area (Å²) in [5.74, 6) is -0.344. The highest BCUT2D eigenvalue weighted by Gasteiger charge is 2.34. The molecule has 1 aliphatic rings. The van der Waals surface area contributed by atoms with E-state index in [1.165, 1.54) is 36.3 Å². The molecule has 1 saturated heterocycles. The molecular formula is C14H18N2O6S. The third-order valence-electron chi connectivity index (χ3n) is 3.77. The zero-order valence-corrected chi connectivity index (χ0v) is 13.5. The van der Waals surface area contributed by atoms with Crippen molar-refractivity contribution in [2.75, 3.05) is 31.8 Å². The zero-order chi connectivity index (χ0) is 17.0. The molecule has 1 aromatic rings. The van der Waals surface area contributed by atoms with Gasteiger partial charge in [-0.1, -0.05) is 0 Å². The van der Waals surface area contributed by atoms with Gasteiger partial charge in [-0.05, 0) is 18.6 Å². The average molecular weight is 342 g/mol. The number of carbonyl (C=O) groups excluding carboxylic acids is 1. The number of rotatable bonds is 6. The Morgan fingerprint density at radius 3 is 2.52 bits per heavy atom. The van der Waals surface area contributed by atoms with Gasteiger partial charge in [0.2, 0.25) is 0 Å². The molecule has 1 atom stereocenters. The lowest BCUT2D eigenvalue weighted by Gasteiger charge is -2.28. The topological polar surface area (TPSA) is 107 Å². The molecule has 0 radical (unpaired) electrons. The fourth-order valence-electron chi connectivity index (χ4n) is 2.55. The van der Waals surface area contributed by atoms with Crippen molar-refractivity contribution >= 4 is 21.4 Å². The Kier molecular flexibility index (Phi) is 5.32. The number of sulfone groups is 1. The van der Waals surface area contributed by atoms with E-state index in [2.05, 4.69) is 0 Å². The van der Waals surface area contributed by atoms with Crippen molar-refractivity contribution in [3.63, 3.8) is 0 Å². The van der Waals surface area contributed by atoms with Crippen molar-refractivity contribution in [2.24, 2.45) is 0 Å². The predicted molar refractivity (Wildman–Crippen MR) is 83.1 cm³/mol. The van der Waals surface area contributed by atoms with Crippen LogP contribution in [0.25, 0.3) is 0 Å². The quantitative estimate of drug-likeness (QED) is 0.561. The Balaban J connectivity index is 2.20. The van der Waals surface area contributed by atoms with E-state index in [9.17, 15) is 23.3 Å². The van der Waals surface area contributed by atoms with E-state index in [1.54, 1.807) is 0 Å². The Hall–Kier alpha value is -2.00. The summed E-state index contributed by atoms with van der Waals surface area (Å²) in [5.41, 5.74) is 0.185. The van der Waals surface area contributed by atoms with Crippen LogP contribution in [-0.2, 0) is 14.6 Å². The van der Waals surface area contributed by atoms with E-state index in [0.717, 1.165) is 0 Å². The Labute approximate surface area is 134 Å². The maximum absolute atomic E-state index is 12.6. The minimum absolute atomic E-state index is 0.0601. The van der Waals surface area contributed by atoms with Gasteiger partial charge in [-0.15, -0.1) is 0 Å². The van der Waals surface area contributed by atoms with Crippen LogP contribution in [0.2, 0.25) is 0 Å². The van der Waals surface area contributed by atoms with Crippen molar-refractivity contribution in [3.05, 3.63) is 39.9 Å². The summed E-state index contributed by atoms with van der Waals surface area (Å²) in [7, 11) is -1.62. The standard InChI is InChI=1S/C14H18N2O6S/c1-22-8-7-15(13-6-9-23(20,21)10-13)14(17)11-2-4-12(5-3-11)16(18)19/h2-5,13H,6-10H2,1H3/t13-/m1/s1. The van der Waals surface area contributed by atoms with Gasteiger partial charge in [-0.25, -0.2) is 8.42 Å². The second kappa shape index (κ2) is 7.05. The van der Waals surface area contributed by atoms with Crippen LogP contribution in [0.4, 0.5) is 5.69 Å². The fourth-order valence-corrected chi connectivity index (χ4v) is 4.28. The highest BCUT2D eigenvalue weighted by atomic mass is 32.2. The lowest BCUT2D eigenvalue weighted by atomic mass is 10.1. The second-order valence-electron chi connectivity index (χ2n) is 5.35. The molecule has 1 fully saturated rings. The molecule has 9 heteroatoms. The molecular weight excluding hydrogens is 324 g/mol. The van der Waals surface area contributed by atoms with Crippen molar-refractivity contribution < 1.29 is 22.9 Å². The maximum Gasteiger partial charge on any atom is 0.269 e. The third kappa shape index (κ3) is 4.26. The molecule has 126 valence electrons. The van der Waals surface area contributed by atoms with Gasteiger partial charge in [-0.3, -0.25) is 14.9 Å². The molecule has 0 aromatic heterocycles. The summed E-state index contributed by atoms with van der Waals surface area (Å²) >= 11 is 0. The van der Waals surface area contributed by atoms with E-state index in [-0.39, 0.29) is 41.8 Å². The number of nitro benzene ring substituents is 1. The molecule has 1 aliphatic heterocycles. The van der Waals surface area contributed by atoms with E-state index in [4.69, 9.17) is 4.74 Å². The predicted octanol–water partition coefficient (Wildman–Crippen LogP) is 0.870. The molecule has 23 heavy (non-hydrogen) atoms. The summed E-state index contributed by atoms with van der Waals surface area (Å²) < 4.78 is 28.3. The van der Waals surface area contributed by atoms with Gasteiger partial charge >= 0.3 is 0 Å². The molecule has 0 saturated carbocycles. The number of amides is 1. The van der Waals surface area contributed by atoms with Crippen LogP contribution in [-0.4, -0.2) is 62.0 Å². The smallest absolute Gasteiger partial charge is 0.269 e. The normalized spacial score (nSPS) is 19.4. The molecule has 8 nitrogen and oxygen atoms in total. The summed E-state index contributed by atoms with van der Waals surface area (Å²) in [6, 6.07) is 4.88. The minimum Gasteiger partial charge on any atom is -0.383 e. The number of ether oxygens (including phenoxy) is 1. The lowest BCUT2D eigenvalue weighted by molar-refractivity contribution is -0.384. The van der Waals surface area contributed by atoms with Gasteiger partial charge in [0.05, 0.1) is 23.0 Å². The summed E-state index contributed by atoms with van der Waals surface area (Å²) in [5, 5.41) is 10.7. The molecule has 1 aromatic carbocycles. The first kappa shape index (κ1) is 17.4. The first-order chi connectivity index (χ1) is 10.8.